The smallest absolute Gasteiger partial charge is 0.306 e. The fraction of sp³-hybridized carbons (Fsp3) is 0.772. The number of amides is 1. The van der Waals surface area contributed by atoms with E-state index in [0.717, 1.165) is 103 Å². The van der Waals surface area contributed by atoms with Gasteiger partial charge in [0.15, 0.2) is 0 Å². The van der Waals surface area contributed by atoms with E-state index in [2.05, 4.69) is 111 Å². The van der Waals surface area contributed by atoms with Crippen molar-refractivity contribution < 1.29 is 37.3 Å². The Morgan fingerprint density at radius 1 is 0.404 bits per heavy atom. The summed E-state index contributed by atoms with van der Waals surface area (Å²) in [5, 5.41) is 3.04. The van der Waals surface area contributed by atoms with Crippen LogP contribution in [0.1, 0.15) is 342 Å². The monoisotopic (exact) mass is 1260 g/mol. The SMILES string of the molecule is CC/C=C\C/C=C\C/C=C\C/C=C\C/C=C\C/C=C\CCCCCCC(=O)OC(/C=C\CCCCCCCCCCCCC)C(COP(=O)([O-])OCC[N+](C)(C)C)NC(=O)CCCCCCCCCCCCCCCCCCC/C=C/CCCCCCCC. The Bertz CT molecular complexity index is 1840. The van der Waals surface area contributed by atoms with Gasteiger partial charge in [0, 0.05) is 12.8 Å². The van der Waals surface area contributed by atoms with Gasteiger partial charge >= 0.3 is 5.97 Å². The second-order valence-electron chi connectivity index (χ2n) is 26.4. The molecule has 0 heterocycles. The number of phosphoric ester groups is 1. The van der Waals surface area contributed by atoms with Gasteiger partial charge in [-0.25, -0.2) is 0 Å². The first kappa shape index (κ1) is 85.9. The molecule has 0 fully saturated rings. The van der Waals surface area contributed by atoms with Crippen LogP contribution in [-0.2, 0) is 27.9 Å². The van der Waals surface area contributed by atoms with Crippen molar-refractivity contribution in [1.82, 2.24) is 5.32 Å². The number of carbonyl (C=O) groups excluding carboxylic acids is 2. The summed E-state index contributed by atoms with van der Waals surface area (Å²) in [6.45, 7) is 6.75. The van der Waals surface area contributed by atoms with Crippen molar-refractivity contribution in [3.63, 3.8) is 0 Å². The Morgan fingerprint density at radius 3 is 1.09 bits per heavy atom. The Hall–Kier alpha value is -3.07. The predicted molar refractivity (Wildman–Crippen MR) is 385 cm³/mol. The van der Waals surface area contributed by atoms with Crippen molar-refractivity contribution >= 4 is 19.7 Å². The molecule has 0 aromatic carbocycles. The zero-order valence-electron chi connectivity index (χ0n) is 59.1. The standard InChI is InChI=1S/C79H143N2O7P/c1-7-10-13-16-19-22-25-28-30-32-34-36-38-39-40-41-43-44-46-48-50-53-56-59-62-65-68-71-78(82)80-76(75-87-89(84,85)86-74-73-81(4,5)6)77(70-67-64-61-58-55-52-27-24-21-18-15-12-9-3)88-79(83)72-69-66-63-60-57-54-51-49-47-45-42-37-35-33-31-29-26-23-20-17-14-11-8-2/h11,14,20,23,28-31,35,37,45,47,51,54,67,70,76-77H,7-10,12-13,15-19,21-22,24-27,32-34,36,38-44,46,48-50,52-53,55-66,68-69,71-75H2,1-6H3,(H-,80,82,84,85)/b14-11-,23-20-,30-28+,31-29-,37-35-,47-45-,54-51-,70-67-. The maximum Gasteiger partial charge on any atom is 0.306 e. The molecular weight excluding hydrogens is 1120 g/mol. The molecule has 0 aliphatic heterocycles. The molecule has 0 saturated heterocycles. The minimum Gasteiger partial charge on any atom is -0.756 e. The quantitative estimate of drug-likeness (QED) is 0.0212. The van der Waals surface area contributed by atoms with Crippen LogP contribution in [0, 0.1) is 0 Å². The Morgan fingerprint density at radius 2 is 0.719 bits per heavy atom. The van der Waals surface area contributed by atoms with Crippen molar-refractivity contribution in [2.45, 2.75) is 354 Å². The van der Waals surface area contributed by atoms with Crippen molar-refractivity contribution in [1.29, 1.82) is 0 Å². The zero-order chi connectivity index (χ0) is 64.9. The summed E-state index contributed by atoms with van der Waals surface area (Å²) in [7, 11) is 1.17. The van der Waals surface area contributed by atoms with Crippen LogP contribution in [0.15, 0.2) is 97.2 Å². The lowest BCUT2D eigenvalue weighted by Gasteiger charge is -2.30. The van der Waals surface area contributed by atoms with Gasteiger partial charge in [0.1, 0.15) is 19.3 Å². The highest BCUT2D eigenvalue weighted by atomic mass is 31.2. The highest BCUT2D eigenvalue weighted by Gasteiger charge is 2.27. The number of hydrogen-bond acceptors (Lipinski definition) is 7. The third-order valence-corrected chi connectivity index (χ3v) is 17.5. The van der Waals surface area contributed by atoms with E-state index >= 15 is 0 Å². The number of nitrogens with zero attached hydrogens (tertiary/aromatic N) is 1. The van der Waals surface area contributed by atoms with E-state index in [1.54, 1.807) is 0 Å². The lowest BCUT2D eigenvalue weighted by molar-refractivity contribution is -0.870. The fourth-order valence-electron chi connectivity index (χ4n) is 10.8. The van der Waals surface area contributed by atoms with Gasteiger partial charge in [-0.1, -0.05) is 317 Å². The van der Waals surface area contributed by atoms with E-state index in [0.29, 0.717) is 23.9 Å². The number of hydrogen-bond donors (Lipinski definition) is 1. The van der Waals surface area contributed by atoms with Crippen molar-refractivity contribution in [3.05, 3.63) is 97.2 Å². The first-order valence-electron chi connectivity index (χ1n) is 37.5. The van der Waals surface area contributed by atoms with E-state index in [9.17, 15) is 19.0 Å². The summed E-state index contributed by atoms with van der Waals surface area (Å²) in [6, 6.07) is -0.905. The third-order valence-electron chi connectivity index (χ3n) is 16.5. The van der Waals surface area contributed by atoms with Crippen LogP contribution in [0.3, 0.4) is 0 Å². The number of nitrogens with one attached hydrogen (secondary N) is 1. The van der Waals surface area contributed by atoms with Crippen LogP contribution in [-0.4, -0.2) is 69.4 Å². The number of unbranched alkanes of at least 4 members (excludes halogenated alkanes) is 38. The number of ether oxygens (including phenoxy) is 1. The number of likely N-dealkylation sites (N-methyl/N-ethyl adjacent to an activating group) is 1. The molecular formula is C79H143N2O7P. The van der Waals surface area contributed by atoms with Gasteiger partial charge in [0.25, 0.3) is 7.82 Å². The van der Waals surface area contributed by atoms with Crippen LogP contribution in [0.4, 0.5) is 0 Å². The number of phosphoric acid groups is 1. The highest BCUT2D eigenvalue weighted by molar-refractivity contribution is 7.45. The van der Waals surface area contributed by atoms with Gasteiger partial charge in [-0.2, -0.15) is 0 Å². The molecule has 0 rings (SSSR count). The second kappa shape index (κ2) is 67.8. The second-order valence-corrected chi connectivity index (χ2v) is 27.8. The van der Waals surface area contributed by atoms with Crippen LogP contribution >= 0.6 is 7.82 Å². The van der Waals surface area contributed by atoms with Gasteiger partial charge in [-0.15, -0.1) is 0 Å². The molecule has 1 amide bonds. The van der Waals surface area contributed by atoms with Gasteiger partial charge in [0.05, 0.1) is 33.8 Å². The molecule has 0 aliphatic carbocycles. The molecule has 0 saturated carbocycles. The molecule has 89 heavy (non-hydrogen) atoms. The summed E-state index contributed by atoms with van der Waals surface area (Å²) in [4.78, 5) is 40.3. The van der Waals surface area contributed by atoms with Crippen LogP contribution in [0.5, 0.6) is 0 Å². The lowest BCUT2D eigenvalue weighted by Crippen LogP contribution is -2.47. The maximum absolute atomic E-state index is 13.6. The summed E-state index contributed by atoms with van der Waals surface area (Å²) < 4.78 is 30.5. The summed E-state index contributed by atoms with van der Waals surface area (Å²) in [6.07, 6.45) is 92.6. The summed E-state index contributed by atoms with van der Waals surface area (Å²) in [5.41, 5.74) is 0. The molecule has 0 aromatic rings. The average molecular weight is 1260 g/mol. The van der Waals surface area contributed by atoms with Gasteiger partial charge < -0.3 is 28.5 Å². The molecule has 1 N–H and O–H groups in total. The molecule has 0 aromatic heterocycles. The molecule has 3 unspecified atom stereocenters. The maximum atomic E-state index is 13.6. The lowest BCUT2D eigenvalue weighted by atomic mass is 10.0. The van der Waals surface area contributed by atoms with Gasteiger partial charge in [-0.3, -0.25) is 14.2 Å². The Kier molecular flexibility index (Phi) is 65.5. The number of rotatable bonds is 68. The Balaban J connectivity index is 5.07. The van der Waals surface area contributed by atoms with E-state index in [4.69, 9.17) is 13.8 Å². The molecule has 0 radical (unpaired) electrons. The van der Waals surface area contributed by atoms with Crippen molar-refractivity contribution in [3.8, 4) is 0 Å². The first-order valence-corrected chi connectivity index (χ1v) is 39.0. The number of carbonyl (C=O) groups is 2. The summed E-state index contributed by atoms with van der Waals surface area (Å²) >= 11 is 0. The number of esters is 1. The van der Waals surface area contributed by atoms with Gasteiger partial charge in [0.2, 0.25) is 5.91 Å². The molecule has 0 spiro atoms. The third kappa shape index (κ3) is 69.1. The van der Waals surface area contributed by atoms with E-state index in [1.165, 1.54) is 199 Å². The van der Waals surface area contributed by atoms with Gasteiger partial charge in [-0.05, 0) is 109 Å². The first-order chi connectivity index (χ1) is 43.4. The molecule has 0 aliphatic rings. The Labute approximate surface area is 551 Å². The van der Waals surface area contributed by atoms with Crippen molar-refractivity contribution in [2.75, 3.05) is 40.9 Å². The minimum atomic E-state index is -4.72. The molecule has 0 bridgehead atoms. The molecule has 3 atom stereocenters. The molecule has 10 heteroatoms. The van der Waals surface area contributed by atoms with Crippen molar-refractivity contribution in [2.24, 2.45) is 0 Å². The van der Waals surface area contributed by atoms with E-state index in [-0.39, 0.29) is 24.9 Å². The van der Waals surface area contributed by atoms with Crippen LogP contribution < -0.4 is 10.2 Å². The average Bonchev–Trinajstić information content (AvgIpc) is 3.57. The molecule has 9 nitrogen and oxygen atoms in total. The zero-order valence-corrected chi connectivity index (χ0v) is 60.0. The highest BCUT2D eigenvalue weighted by Crippen LogP contribution is 2.38. The van der Waals surface area contributed by atoms with E-state index in [1.807, 2.05) is 33.3 Å². The summed E-state index contributed by atoms with van der Waals surface area (Å²) in [5.74, 6) is -0.562. The van der Waals surface area contributed by atoms with Crippen LogP contribution in [0.2, 0.25) is 0 Å². The molecule has 516 valence electrons. The number of allylic oxidation sites excluding steroid dienone is 15. The van der Waals surface area contributed by atoms with Crippen LogP contribution in [0.25, 0.3) is 0 Å². The minimum absolute atomic E-state index is 0.0294. The number of quaternary nitrogens is 1. The predicted octanol–water partition coefficient (Wildman–Crippen LogP) is 23.6. The fourth-order valence-corrected chi connectivity index (χ4v) is 11.5. The van der Waals surface area contributed by atoms with E-state index < -0.39 is 26.6 Å². The largest absolute Gasteiger partial charge is 0.756 e. The normalized spacial score (nSPS) is 14.0. The topological polar surface area (TPSA) is 114 Å².